The highest BCUT2D eigenvalue weighted by molar-refractivity contribution is 7.89. The van der Waals surface area contributed by atoms with Crippen LogP contribution in [0.1, 0.15) is 26.7 Å². The Labute approximate surface area is 146 Å². The van der Waals surface area contributed by atoms with Gasteiger partial charge in [0.15, 0.2) is 0 Å². The third kappa shape index (κ3) is 6.09. The molecule has 7 nitrogen and oxygen atoms in total. The van der Waals surface area contributed by atoms with E-state index >= 15 is 0 Å². The molecule has 0 radical (unpaired) electrons. The molecule has 0 saturated carbocycles. The number of carboxylic acids is 1. The number of hydrogen-bond donors (Lipinski definition) is 2. The van der Waals surface area contributed by atoms with Gasteiger partial charge < -0.3 is 10.4 Å². The molecule has 0 unspecified atom stereocenters. The largest absolute Gasteiger partial charge is 0.480 e. The van der Waals surface area contributed by atoms with Crippen LogP contribution >= 0.6 is 0 Å². The van der Waals surface area contributed by atoms with Gasteiger partial charge in [0.25, 0.3) is 0 Å². The molecular weight excluding hydrogens is 351 g/mol. The van der Waals surface area contributed by atoms with Crippen LogP contribution in [0.3, 0.4) is 0 Å². The Hall–Kier alpha value is -2.00. The molecular formula is C16H23FN2O5S. The number of carboxylic acid groups (broad SMARTS) is 1. The first-order valence-corrected chi connectivity index (χ1v) is 9.23. The molecule has 2 N–H and O–H groups in total. The van der Waals surface area contributed by atoms with Crippen LogP contribution in [0.15, 0.2) is 29.2 Å². The number of aliphatic carboxylic acids is 1. The van der Waals surface area contributed by atoms with Crippen molar-refractivity contribution in [2.75, 3.05) is 13.6 Å². The molecule has 25 heavy (non-hydrogen) atoms. The maximum atomic E-state index is 12.9. The van der Waals surface area contributed by atoms with E-state index in [9.17, 15) is 22.4 Å². The minimum absolute atomic E-state index is 0.000220. The first-order valence-electron chi connectivity index (χ1n) is 7.79. The van der Waals surface area contributed by atoms with Crippen LogP contribution in [-0.4, -0.2) is 49.3 Å². The van der Waals surface area contributed by atoms with Gasteiger partial charge in [-0.05, 0) is 36.6 Å². The Bertz CT molecular complexity index is 704. The number of hydrogen-bond acceptors (Lipinski definition) is 4. The molecule has 0 heterocycles. The van der Waals surface area contributed by atoms with Crippen LogP contribution in [0.4, 0.5) is 4.39 Å². The van der Waals surface area contributed by atoms with Gasteiger partial charge in [-0.15, -0.1) is 0 Å². The average molecular weight is 374 g/mol. The van der Waals surface area contributed by atoms with E-state index in [4.69, 9.17) is 5.11 Å². The first kappa shape index (κ1) is 21.0. The van der Waals surface area contributed by atoms with Gasteiger partial charge in [-0.3, -0.25) is 4.79 Å². The lowest BCUT2D eigenvalue weighted by Crippen LogP contribution is -2.44. The van der Waals surface area contributed by atoms with Crippen molar-refractivity contribution in [3.63, 3.8) is 0 Å². The SMILES string of the molecule is CC(C)[C@@H](NC(=O)CCCN(C)S(=O)(=O)c1ccc(F)cc1)C(=O)O. The average Bonchev–Trinajstić information content (AvgIpc) is 2.52. The second kappa shape index (κ2) is 8.91. The van der Waals surface area contributed by atoms with E-state index in [0.29, 0.717) is 0 Å². The zero-order chi connectivity index (χ0) is 19.2. The van der Waals surface area contributed by atoms with E-state index in [1.165, 1.54) is 19.2 Å². The van der Waals surface area contributed by atoms with Crippen molar-refractivity contribution >= 4 is 21.9 Å². The standard InChI is InChI=1S/C16H23FN2O5S/c1-11(2)15(16(21)22)18-14(20)5-4-10-19(3)25(23,24)13-8-6-12(17)7-9-13/h6-9,11,15H,4-5,10H2,1-3H3,(H,18,20)(H,21,22)/t15-/m1/s1. The van der Waals surface area contributed by atoms with Crippen molar-refractivity contribution in [3.05, 3.63) is 30.1 Å². The number of rotatable bonds is 9. The predicted octanol–water partition coefficient (Wildman–Crippen LogP) is 1.45. The quantitative estimate of drug-likeness (QED) is 0.681. The highest BCUT2D eigenvalue weighted by Gasteiger charge is 2.24. The number of halogens is 1. The maximum Gasteiger partial charge on any atom is 0.326 e. The zero-order valence-electron chi connectivity index (χ0n) is 14.4. The summed E-state index contributed by atoms with van der Waals surface area (Å²) < 4.78 is 38.6. The number of nitrogens with one attached hydrogen (secondary N) is 1. The summed E-state index contributed by atoms with van der Waals surface area (Å²) in [5.41, 5.74) is 0. The normalized spacial score (nSPS) is 13.0. The Morgan fingerprint density at radius 3 is 2.28 bits per heavy atom. The summed E-state index contributed by atoms with van der Waals surface area (Å²) in [4.78, 5) is 22.8. The van der Waals surface area contributed by atoms with Crippen LogP contribution in [0.25, 0.3) is 0 Å². The number of carbonyl (C=O) groups excluding carboxylic acids is 1. The number of nitrogens with zero attached hydrogens (tertiary/aromatic N) is 1. The fourth-order valence-electron chi connectivity index (χ4n) is 2.13. The van der Waals surface area contributed by atoms with E-state index < -0.39 is 33.8 Å². The Balaban J connectivity index is 2.56. The topological polar surface area (TPSA) is 104 Å². The van der Waals surface area contributed by atoms with Gasteiger partial charge in [0.2, 0.25) is 15.9 Å². The molecule has 0 spiro atoms. The molecule has 1 atom stereocenters. The van der Waals surface area contributed by atoms with E-state index in [0.717, 1.165) is 16.4 Å². The molecule has 1 aromatic rings. The molecule has 0 saturated heterocycles. The number of sulfonamides is 1. The van der Waals surface area contributed by atoms with Crippen molar-refractivity contribution in [2.24, 2.45) is 5.92 Å². The van der Waals surface area contributed by atoms with Crippen molar-refractivity contribution in [2.45, 2.75) is 37.6 Å². The summed E-state index contributed by atoms with van der Waals surface area (Å²) in [7, 11) is -2.40. The smallest absolute Gasteiger partial charge is 0.326 e. The monoisotopic (exact) mass is 374 g/mol. The molecule has 0 bridgehead atoms. The highest BCUT2D eigenvalue weighted by atomic mass is 32.2. The molecule has 0 aliphatic rings. The van der Waals surface area contributed by atoms with Crippen LogP contribution < -0.4 is 5.32 Å². The highest BCUT2D eigenvalue weighted by Crippen LogP contribution is 2.15. The van der Waals surface area contributed by atoms with Gasteiger partial charge in [-0.2, -0.15) is 0 Å². The van der Waals surface area contributed by atoms with Gasteiger partial charge in [0.1, 0.15) is 11.9 Å². The zero-order valence-corrected chi connectivity index (χ0v) is 15.2. The Morgan fingerprint density at radius 1 is 1.24 bits per heavy atom. The molecule has 0 fully saturated rings. The lowest BCUT2D eigenvalue weighted by Gasteiger charge is -2.19. The second-order valence-corrected chi connectivity index (χ2v) is 8.06. The van der Waals surface area contributed by atoms with Crippen LogP contribution in [0.2, 0.25) is 0 Å². The Kier molecular flexibility index (Phi) is 7.50. The van der Waals surface area contributed by atoms with E-state index in [-0.39, 0.29) is 30.2 Å². The summed E-state index contributed by atoms with van der Waals surface area (Å²) >= 11 is 0. The summed E-state index contributed by atoms with van der Waals surface area (Å²) in [5.74, 6) is -2.35. The predicted molar refractivity (Wildman–Crippen MR) is 89.9 cm³/mol. The van der Waals surface area contributed by atoms with Crippen LogP contribution in [0.5, 0.6) is 0 Å². The fourth-order valence-corrected chi connectivity index (χ4v) is 3.34. The van der Waals surface area contributed by atoms with Crippen LogP contribution in [-0.2, 0) is 19.6 Å². The van der Waals surface area contributed by atoms with Gasteiger partial charge >= 0.3 is 5.97 Å². The molecule has 1 aromatic carbocycles. The molecule has 0 aliphatic heterocycles. The second-order valence-electron chi connectivity index (χ2n) is 6.01. The van der Waals surface area contributed by atoms with Crippen LogP contribution in [0, 0.1) is 11.7 Å². The van der Waals surface area contributed by atoms with Crippen molar-refractivity contribution < 1.29 is 27.5 Å². The first-order chi connectivity index (χ1) is 11.6. The summed E-state index contributed by atoms with van der Waals surface area (Å²) in [6, 6.07) is 3.49. The van der Waals surface area contributed by atoms with Crippen molar-refractivity contribution in [3.8, 4) is 0 Å². The van der Waals surface area contributed by atoms with Gasteiger partial charge in [-0.25, -0.2) is 21.9 Å². The third-order valence-corrected chi connectivity index (χ3v) is 5.52. The van der Waals surface area contributed by atoms with Crippen molar-refractivity contribution in [1.82, 2.24) is 9.62 Å². The molecule has 0 aliphatic carbocycles. The summed E-state index contributed by atoms with van der Waals surface area (Å²) in [5, 5.41) is 11.4. The lowest BCUT2D eigenvalue weighted by molar-refractivity contribution is -0.143. The Morgan fingerprint density at radius 2 is 1.80 bits per heavy atom. The minimum atomic E-state index is -3.76. The molecule has 9 heteroatoms. The van der Waals surface area contributed by atoms with E-state index in [1.807, 2.05) is 0 Å². The number of carbonyl (C=O) groups is 2. The van der Waals surface area contributed by atoms with Gasteiger partial charge in [0.05, 0.1) is 4.90 Å². The summed E-state index contributed by atoms with van der Waals surface area (Å²) in [6.07, 6.45) is 0.229. The fraction of sp³-hybridized carbons (Fsp3) is 0.500. The number of amides is 1. The third-order valence-electron chi connectivity index (χ3n) is 3.65. The maximum absolute atomic E-state index is 12.9. The van der Waals surface area contributed by atoms with Gasteiger partial charge in [-0.1, -0.05) is 13.8 Å². The summed E-state index contributed by atoms with van der Waals surface area (Å²) in [6.45, 7) is 3.44. The minimum Gasteiger partial charge on any atom is -0.480 e. The molecule has 0 aromatic heterocycles. The number of benzene rings is 1. The van der Waals surface area contributed by atoms with E-state index in [2.05, 4.69) is 5.32 Å². The van der Waals surface area contributed by atoms with E-state index in [1.54, 1.807) is 13.8 Å². The molecule has 1 amide bonds. The van der Waals surface area contributed by atoms with Crippen molar-refractivity contribution in [1.29, 1.82) is 0 Å². The molecule has 1 rings (SSSR count). The lowest BCUT2D eigenvalue weighted by atomic mass is 10.0. The molecule has 140 valence electrons. The van der Waals surface area contributed by atoms with Gasteiger partial charge in [0, 0.05) is 20.0 Å².